The van der Waals surface area contributed by atoms with Gasteiger partial charge in [-0.05, 0) is 68.5 Å². The molecule has 0 saturated carbocycles. The van der Waals surface area contributed by atoms with Crippen LogP contribution in [0.2, 0.25) is 0 Å². The second-order valence-corrected chi connectivity index (χ2v) is 9.20. The van der Waals surface area contributed by atoms with E-state index >= 15 is 0 Å². The Labute approximate surface area is 198 Å². The summed E-state index contributed by atoms with van der Waals surface area (Å²) >= 11 is 0. The first-order chi connectivity index (χ1) is 16.5. The van der Waals surface area contributed by atoms with Crippen LogP contribution in [0.25, 0.3) is 16.7 Å². The van der Waals surface area contributed by atoms with Gasteiger partial charge in [0, 0.05) is 30.9 Å². The van der Waals surface area contributed by atoms with Gasteiger partial charge in [0.1, 0.15) is 0 Å². The van der Waals surface area contributed by atoms with Crippen molar-refractivity contribution in [1.29, 1.82) is 0 Å². The molecule has 176 valence electrons. The molecule has 1 amide bonds. The lowest BCUT2D eigenvalue weighted by Gasteiger charge is -2.31. The van der Waals surface area contributed by atoms with Gasteiger partial charge in [-0.25, -0.2) is 0 Å². The van der Waals surface area contributed by atoms with E-state index in [1.807, 2.05) is 65.6 Å². The average molecular weight is 459 g/mol. The van der Waals surface area contributed by atoms with E-state index < -0.39 is 0 Å². The Morgan fingerprint density at radius 3 is 2.76 bits per heavy atom. The Kier molecular flexibility index (Phi) is 5.81. The number of carbonyl (C=O) groups excluding carboxylic acids is 1. The number of rotatable bonds is 5. The number of amides is 1. The third-order valence-corrected chi connectivity index (χ3v) is 6.75. The van der Waals surface area contributed by atoms with Crippen molar-refractivity contribution in [2.45, 2.75) is 46.7 Å². The van der Waals surface area contributed by atoms with Crippen LogP contribution in [0.3, 0.4) is 0 Å². The van der Waals surface area contributed by atoms with Crippen molar-refractivity contribution < 1.29 is 4.79 Å². The van der Waals surface area contributed by atoms with E-state index in [1.54, 1.807) is 4.57 Å². The highest BCUT2D eigenvalue weighted by Gasteiger charge is 2.22. The molecule has 34 heavy (non-hydrogen) atoms. The largest absolute Gasteiger partial charge is 0.378 e. The molecular formula is C26H30N6O2. The van der Waals surface area contributed by atoms with Crippen LogP contribution >= 0.6 is 0 Å². The third-order valence-electron chi connectivity index (χ3n) is 6.75. The second-order valence-electron chi connectivity index (χ2n) is 9.20. The van der Waals surface area contributed by atoms with Gasteiger partial charge in [-0.2, -0.15) is 0 Å². The predicted octanol–water partition coefficient (Wildman–Crippen LogP) is 3.86. The normalized spacial score (nSPS) is 16.3. The van der Waals surface area contributed by atoms with Gasteiger partial charge in [0.15, 0.2) is 5.82 Å². The maximum Gasteiger partial charge on any atom is 0.262 e. The first-order valence-corrected chi connectivity index (χ1v) is 12.0. The molecule has 1 atom stereocenters. The van der Waals surface area contributed by atoms with Crippen molar-refractivity contribution >= 4 is 28.3 Å². The van der Waals surface area contributed by atoms with E-state index in [4.69, 9.17) is 0 Å². The summed E-state index contributed by atoms with van der Waals surface area (Å²) in [6.45, 7) is 8.75. The first-order valence-electron chi connectivity index (χ1n) is 12.0. The molecule has 0 bridgehead atoms. The van der Waals surface area contributed by atoms with Crippen molar-refractivity contribution in [3.63, 3.8) is 0 Å². The van der Waals surface area contributed by atoms with Gasteiger partial charge in [-0.15, -0.1) is 10.2 Å². The van der Waals surface area contributed by atoms with Crippen LogP contribution in [0.1, 0.15) is 48.4 Å². The zero-order valence-electron chi connectivity index (χ0n) is 19.9. The minimum atomic E-state index is -0.0586. The molecule has 8 nitrogen and oxygen atoms in total. The van der Waals surface area contributed by atoms with Crippen LogP contribution in [-0.2, 0) is 13.1 Å². The zero-order chi connectivity index (χ0) is 23.8. The minimum Gasteiger partial charge on any atom is -0.378 e. The number of aryl methyl sites for hydroxylation is 2. The summed E-state index contributed by atoms with van der Waals surface area (Å²) in [5, 5.41) is 12.8. The summed E-state index contributed by atoms with van der Waals surface area (Å²) in [6.07, 6.45) is 2.25. The van der Waals surface area contributed by atoms with Crippen LogP contribution in [0.4, 0.5) is 5.69 Å². The van der Waals surface area contributed by atoms with Crippen molar-refractivity contribution in [2.75, 3.05) is 18.4 Å². The van der Waals surface area contributed by atoms with Crippen molar-refractivity contribution in [2.24, 2.45) is 5.92 Å². The van der Waals surface area contributed by atoms with E-state index in [0.717, 1.165) is 47.7 Å². The monoisotopic (exact) mass is 458 g/mol. The summed E-state index contributed by atoms with van der Waals surface area (Å²) in [5.41, 5.74) is 3.40. The van der Waals surface area contributed by atoms with Crippen LogP contribution < -0.4 is 10.9 Å². The molecule has 1 saturated heterocycles. The van der Waals surface area contributed by atoms with Crippen LogP contribution in [0.15, 0.2) is 47.3 Å². The van der Waals surface area contributed by atoms with Gasteiger partial charge in [0.05, 0.1) is 17.4 Å². The molecule has 2 aromatic carbocycles. The number of nitrogens with one attached hydrogen (secondary N) is 1. The molecule has 1 unspecified atom stereocenters. The number of likely N-dealkylation sites (tertiary alicyclic amines) is 1. The molecule has 4 aromatic rings. The predicted molar refractivity (Wildman–Crippen MR) is 133 cm³/mol. The maximum atomic E-state index is 13.0. The van der Waals surface area contributed by atoms with E-state index in [2.05, 4.69) is 22.4 Å². The number of para-hydroxylation sites is 1. The number of benzene rings is 2. The highest BCUT2D eigenvalue weighted by molar-refractivity contribution is 5.95. The molecule has 1 fully saturated rings. The molecule has 1 N–H and O–H groups in total. The molecule has 1 aliphatic heterocycles. The molecule has 0 radical (unpaired) electrons. The Hall–Kier alpha value is -3.68. The van der Waals surface area contributed by atoms with Crippen molar-refractivity contribution in [3.8, 4) is 0 Å². The number of aromatic nitrogens is 4. The number of carbonyl (C=O) groups is 1. The molecule has 5 rings (SSSR count). The summed E-state index contributed by atoms with van der Waals surface area (Å²) in [6, 6.07) is 13.3. The molecule has 3 heterocycles. The molecule has 0 aliphatic carbocycles. The minimum absolute atomic E-state index is 0.0586. The van der Waals surface area contributed by atoms with Gasteiger partial charge < -0.3 is 10.2 Å². The van der Waals surface area contributed by atoms with Gasteiger partial charge in [0.25, 0.3) is 11.5 Å². The fraction of sp³-hybridized carbons (Fsp3) is 0.385. The highest BCUT2D eigenvalue weighted by Crippen LogP contribution is 2.22. The Bertz CT molecular complexity index is 1440. The fourth-order valence-corrected chi connectivity index (χ4v) is 4.94. The number of piperidine rings is 1. The lowest BCUT2D eigenvalue weighted by atomic mass is 9.99. The van der Waals surface area contributed by atoms with E-state index in [-0.39, 0.29) is 11.5 Å². The highest BCUT2D eigenvalue weighted by atomic mass is 16.2. The van der Waals surface area contributed by atoms with Gasteiger partial charge in [-0.1, -0.05) is 19.1 Å². The van der Waals surface area contributed by atoms with E-state index in [0.29, 0.717) is 30.2 Å². The van der Waals surface area contributed by atoms with E-state index in [1.165, 1.54) is 6.42 Å². The fourth-order valence-electron chi connectivity index (χ4n) is 4.94. The van der Waals surface area contributed by atoms with Gasteiger partial charge in [0.2, 0.25) is 5.78 Å². The first kappa shape index (κ1) is 22.1. The average Bonchev–Trinajstić information content (AvgIpc) is 3.27. The van der Waals surface area contributed by atoms with Crippen molar-refractivity contribution in [1.82, 2.24) is 24.1 Å². The van der Waals surface area contributed by atoms with Crippen LogP contribution in [0.5, 0.6) is 0 Å². The lowest BCUT2D eigenvalue weighted by molar-refractivity contribution is 0.0683. The second kappa shape index (κ2) is 8.93. The molecule has 0 spiro atoms. The van der Waals surface area contributed by atoms with Gasteiger partial charge >= 0.3 is 0 Å². The molecular weight excluding hydrogens is 428 g/mol. The van der Waals surface area contributed by atoms with Crippen molar-refractivity contribution in [3.05, 3.63) is 69.8 Å². The van der Waals surface area contributed by atoms with Crippen LogP contribution in [0, 0.1) is 12.8 Å². The summed E-state index contributed by atoms with van der Waals surface area (Å²) < 4.78 is 3.59. The SMILES string of the molecule is CCn1c(=O)c2ccccc2n2c(CNc3ccc(C(=O)N4CCCC(C)C4)cc3C)nnc12. The molecule has 2 aromatic heterocycles. The standard InChI is InChI=1S/C26H30N6O2/c1-4-31-25(34)20-9-5-6-10-22(20)32-23(28-29-26(31)32)15-27-21-12-11-19(14-18(21)3)24(33)30-13-7-8-17(2)16-30/h5-6,9-12,14,17,27H,4,7-8,13,15-16H2,1-3H3. The maximum absolute atomic E-state index is 13.0. The van der Waals surface area contributed by atoms with E-state index in [9.17, 15) is 9.59 Å². The number of nitrogens with zero attached hydrogens (tertiary/aromatic N) is 5. The summed E-state index contributed by atoms with van der Waals surface area (Å²) in [7, 11) is 0. The summed E-state index contributed by atoms with van der Waals surface area (Å²) in [4.78, 5) is 27.8. The Balaban J connectivity index is 1.41. The number of hydrogen-bond acceptors (Lipinski definition) is 5. The molecule has 1 aliphatic rings. The van der Waals surface area contributed by atoms with Crippen LogP contribution in [-0.4, -0.2) is 43.1 Å². The Morgan fingerprint density at radius 1 is 1.18 bits per heavy atom. The summed E-state index contributed by atoms with van der Waals surface area (Å²) in [5.74, 6) is 1.92. The molecule has 8 heteroatoms. The quantitative estimate of drug-likeness (QED) is 0.491. The smallest absolute Gasteiger partial charge is 0.262 e. The number of anilines is 1. The zero-order valence-corrected chi connectivity index (χ0v) is 19.9. The third kappa shape index (κ3) is 3.83. The topological polar surface area (TPSA) is 84.5 Å². The number of fused-ring (bicyclic) bond motifs is 3. The lowest BCUT2D eigenvalue weighted by Crippen LogP contribution is -2.39. The van der Waals surface area contributed by atoms with Gasteiger partial charge in [-0.3, -0.25) is 18.6 Å². The number of hydrogen-bond donors (Lipinski definition) is 1. The Morgan fingerprint density at radius 2 is 2.00 bits per heavy atom.